The fourth-order valence-corrected chi connectivity index (χ4v) is 5.53. The number of hydrogen-bond acceptors (Lipinski definition) is 5. The molecule has 49 heavy (non-hydrogen) atoms. The number of benzene rings is 3. The highest BCUT2D eigenvalue weighted by Gasteiger charge is 2.34. The van der Waals surface area contributed by atoms with Gasteiger partial charge in [0.25, 0.3) is 0 Å². The van der Waals surface area contributed by atoms with Crippen LogP contribution in [0.5, 0.6) is 0 Å². The number of hydrogen-bond donors (Lipinski definition) is 4. The number of nitrogens with two attached hydrogens (primary N) is 1. The van der Waals surface area contributed by atoms with Crippen LogP contribution in [-0.2, 0) is 27.2 Å². The van der Waals surface area contributed by atoms with Crippen LogP contribution in [0.3, 0.4) is 0 Å². The average molecular weight is 671 g/mol. The molecular formula is C39H54N6O4. The SMILES string of the molecule is CCNC(=O)NCCCCCNC(=O)[C@@H](Cc1ccccc1)N(C)C(=O)[C@@H](Cc1ccc2ccccc2c1)N(C)C(=O)/C=C/CC(C)(C)N. The molecule has 264 valence electrons. The first-order chi connectivity index (χ1) is 23.4. The quantitative estimate of drug-likeness (QED) is 0.116. The Morgan fingerprint density at radius 2 is 1.39 bits per heavy atom. The van der Waals surface area contributed by atoms with Crippen molar-refractivity contribution in [3.63, 3.8) is 0 Å². The molecule has 0 fully saturated rings. The van der Waals surface area contributed by atoms with Crippen molar-refractivity contribution in [3.8, 4) is 0 Å². The van der Waals surface area contributed by atoms with E-state index in [1.165, 1.54) is 15.9 Å². The first kappa shape index (κ1) is 38.7. The number of likely N-dealkylation sites (N-methyl/N-ethyl adjacent to an activating group) is 2. The Labute approximate surface area is 291 Å². The largest absolute Gasteiger partial charge is 0.354 e. The topological polar surface area (TPSA) is 137 Å². The minimum absolute atomic E-state index is 0.186. The zero-order valence-electron chi connectivity index (χ0n) is 29.7. The maximum atomic E-state index is 14.4. The zero-order valence-corrected chi connectivity index (χ0v) is 29.7. The second kappa shape index (κ2) is 19.3. The first-order valence-corrected chi connectivity index (χ1v) is 17.2. The highest BCUT2D eigenvalue weighted by Crippen LogP contribution is 2.20. The molecule has 0 heterocycles. The van der Waals surface area contributed by atoms with Gasteiger partial charge in [-0.05, 0) is 74.4 Å². The van der Waals surface area contributed by atoms with E-state index in [2.05, 4.69) is 16.0 Å². The summed E-state index contributed by atoms with van der Waals surface area (Å²) in [6, 6.07) is 21.8. The smallest absolute Gasteiger partial charge is 0.314 e. The highest BCUT2D eigenvalue weighted by atomic mass is 16.2. The molecule has 10 nitrogen and oxygen atoms in total. The molecule has 0 unspecified atom stereocenters. The van der Waals surface area contributed by atoms with Gasteiger partial charge in [-0.3, -0.25) is 14.4 Å². The van der Waals surface area contributed by atoms with E-state index in [9.17, 15) is 19.2 Å². The minimum atomic E-state index is -0.863. The fourth-order valence-electron chi connectivity index (χ4n) is 5.53. The predicted molar refractivity (Wildman–Crippen MR) is 197 cm³/mol. The summed E-state index contributed by atoms with van der Waals surface area (Å²) in [4.78, 5) is 56.1. The summed E-state index contributed by atoms with van der Waals surface area (Å²) in [5, 5.41) is 10.7. The summed E-state index contributed by atoms with van der Waals surface area (Å²) in [7, 11) is 3.27. The molecule has 0 radical (unpaired) electrons. The second-order valence-electron chi connectivity index (χ2n) is 13.2. The maximum Gasteiger partial charge on any atom is 0.314 e. The molecular weight excluding hydrogens is 616 g/mol. The average Bonchev–Trinajstić information content (AvgIpc) is 3.08. The summed E-state index contributed by atoms with van der Waals surface area (Å²) < 4.78 is 0. The lowest BCUT2D eigenvalue weighted by molar-refractivity contribution is -0.146. The normalized spacial score (nSPS) is 12.7. The van der Waals surface area contributed by atoms with Crippen molar-refractivity contribution in [1.29, 1.82) is 0 Å². The first-order valence-electron chi connectivity index (χ1n) is 17.2. The number of amides is 5. The van der Waals surface area contributed by atoms with Gasteiger partial charge in [0.1, 0.15) is 12.1 Å². The van der Waals surface area contributed by atoms with Crippen molar-refractivity contribution in [3.05, 3.63) is 96.1 Å². The number of rotatable bonds is 18. The van der Waals surface area contributed by atoms with Gasteiger partial charge in [-0.2, -0.15) is 0 Å². The van der Waals surface area contributed by atoms with E-state index in [0.29, 0.717) is 32.5 Å². The molecule has 3 aromatic carbocycles. The summed E-state index contributed by atoms with van der Waals surface area (Å²) in [5.41, 5.74) is 7.46. The van der Waals surface area contributed by atoms with E-state index in [1.807, 2.05) is 93.6 Å². The lowest BCUT2D eigenvalue weighted by Gasteiger charge is -2.34. The number of carbonyl (C=O) groups is 4. The molecule has 0 spiro atoms. The minimum Gasteiger partial charge on any atom is -0.354 e. The monoisotopic (exact) mass is 670 g/mol. The van der Waals surface area contributed by atoms with Gasteiger partial charge in [0, 0.05) is 52.1 Å². The molecule has 0 saturated carbocycles. The Balaban J connectivity index is 1.80. The molecule has 5 amide bonds. The fraction of sp³-hybridized carbons (Fsp3) is 0.436. The third kappa shape index (κ3) is 13.0. The molecule has 0 aliphatic heterocycles. The van der Waals surface area contributed by atoms with Crippen molar-refractivity contribution in [2.75, 3.05) is 33.7 Å². The highest BCUT2D eigenvalue weighted by molar-refractivity contribution is 5.95. The number of fused-ring (bicyclic) bond motifs is 1. The van der Waals surface area contributed by atoms with E-state index >= 15 is 0 Å². The molecule has 5 N–H and O–H groups in total. The number of nitrogens with zero attached hydrogens (tertiary/aromatic N) is 2. The molecule has 0 saturated heterocycles. The van der Waals surface area contributed by atoms with Gasteiger partial charge in [-0.15, -0.1) is 0 Å². The van der Waals surface area contributed by atoms with E-state index in [1.54, 1.807) is 20.2 Å². The van der Waals surface area contributed by atoms with Crippen LogP contribution in [0, 0.1) is 0 Å². The van der Waals surface area contributed by atoms with Crippen molar-refractivity contribution in [2.24, 2.45) is 5.73 Å². The third-order valence-electron chi connectivity index (χ3n) is 8.41. The molecule has 0 aliphatic carbocycles. The third-order valence-corrected chi connectivity index (χ3v) is 8.41. The van der Waals surface area contributed by atoms with Gasteiger partial charge in [0.15, 0.2) is 0 Å². The number of unbranched alkanes of at least 4 members (excludes halogenated alkanes) is 2. The Bertz CT molecular complexity index is 1550. The van der Waals surface area contributed by atoms with Crippen LogP contribution in [-0.4, -0.2) is 84.9 Å². The Kier molecular flexibility index (Phi) is 15.3. The molecule has 0 aromatic heterocycles. The van der Waals surface area contributed by atoms with E-state index in [0.717, 1.165) is 41.2 Å². The summed E-state index contributed by atoms with van der Waals surface area (Å²) in [6.45, 7) is 7.20. The van der Waals surface area contributed by atoms with Crippen LogP contribution in [0.4, 0.5) is 4.79 Å². The van der Waals surface area contributed by atoms with E-state index in [-0.39, 0.29) is 30.2 Å². The lowest BCUT2D eigenvalue weighted by atomic mass is 9.98. The van der Waals surface area contributed by atoms with Crippen LogP contribution in [0.25, 0.3) is 10.8 Å². The maximum absolute atomic E-state index is 14.4. The molecule has 3 rings (SSSR count). The molecule has 2 atom stereocenters. The van der Waals surface area contributed by atoms with Gasteiger partial charge in [0.05, 0.1) is 0 Å². The van der Waals surface area contributed by atoms with Crippen molar-refractivity contribution in [2.45, 2.75) is 76.9 Å². The molecule has 3 aromatic rings. The Hall–Kier alpha value is -4.70. The lowest BCUT2D eigenvalue weighted by Crippen LogP contribution is -2.56. The summed E-state index contributed by atoms with van der Waals surface area (Å²) in [6.07, 6.45) is 6.63. The standard InChI is InChI=1S/C39H54N6O4/c1-6-41-38(49)43-25-14-8-13-24-42-36(47)33(27-29-16-9-7-10-17-29)45(5)37(48)34(44(4)35(46)20-15-23-39(2,3)40)28-30-21-22-31-18-11-12-19-32(31)26-30/h7,9-12,15-22,26,33-34H,6,8,13-14,23-25,27-28,40H2,1-5H3,(H,42,47)(H2,41,43,49)/b20-15+/t33-,34-/m1/s1. The summed E-state index contributed by atoms with van der Waals surface area (Å²) >= 11 is 0. The number of urea groups is 1. The molecule has 10 heteroatoms. The van der Waals surface area contributed by atoms with E-state index in [4.69, 9.17) is 5.73 Å². The van der Waals surface area contributed by atoms with Crippen LogP contribution in [0.2, 0.25) is 0 Å². The van der Waals surface area contributed by atoms with Crippen molar-refractivity contribution in [1.82, 2.24) is 25.8 Å². The van der Waals surface area contributed by atoms with Crippen LogP contribution in [0.1, 0.15) is 57.6 Å². The van der Waals surface area contributed by atoms with Crippen LogP contribution in [0.15, 0.2) is 84.9 Å². The van der Waals surface area contributed by atoms with Crippen molar-refractivity contribution >= 4 is 34.5 Å². The Morgan fingerprint density at radius 1 is 0.755 bits per heavy atom. The number of nitrogens with one attached hydrogen (secondary N) is 3. The van der Waals surface area contributed by atoms with Gasteiger partial charge >= 0.3 is 6.03 Å². The molecule has 0 aliphatic rings. The van der Waals surface area contributed by atoms with Crippen molar-refractivity contribution < 1.29 is 19.2 Å². The summed E-state index contributed by atoms with van der Waals surface area (Å²) in [5.74, 6) is -0.907. The Morgan fingerprint density at radius 3 is 2.06 bits per heavy atom. The van der Waals surface area contributed by atoms with Gasteiger partial charge in [-0.25, -0.2) is 4.79 Å². The molecule has 0 bridgehead atoms. The predicted octanol–water partition coefficient (Wildman–Crippen LogP) is 4.57. The van der Waals surface area contributed by atoms with Gasteiger partial charge < -0.3 is 31.5 Å². The van der Waals surface area contributed by atoms with Crippen LogP contribution >= 0.6 is 0 Å². The number of carbonyl (C=O) groups excluding carboxylic acids is 4. The van der Waals surface area contributed by atoms with Gasteiger partial charge in [-0.1, -0.05) is 78.9 Å². The van der Waals surface area contributed by atoms with E-state index < -0.39 is 17.6 Å². The second-order valence-corrected chi connectivity index (χ2v) is 13.2. The van der Waals surface area contributed by atoms with Gasteiger partial charge in [0.2, 0.25) is 17.7 Å². The van der Waals surface area contributed by atoms with Crippen LogP contribution < -0.4 is 21.7 Å². The zero-order chi connectivity index (χ0) is 35.8.